The molecule has 0 radical (unpaired) electrons. The summed E-state index contributed by atoms with van der Waals surface area (Å²) in [5, 5.41) is 13.5. The molecule has 27 heavy (non-hydrogen) atoms. The monoisotopic (exact) mass is 358 g/mol. The minimum atomic E-state index is -0.255. The van der Waals surface area contributed by atoms with Crippen molar-refractivity contribution < 1.29 is 4.79 Å². The molecule has 1 aromatic carbocycles. The van der Waals surface area contributed by atoms with E-state index in [-0.39, 0.29) is 5.91 Å². The van der Waals surface area contributed by atoms with Crippen LogP contribution in [0.3, 0.4) is 0 Å². The van der Waals surface area contributed by atoms with Crippen LogP contribution >= 0.6 is 0 Å². The molecule has 0 unspecified atom stereocenters. The zero-order chi connectivity index (χ0) is 19.1. The zero-order valence-corrected chi connectivity index (χ0v) is 14.5. The standard InChI is InChI=1S/C20H18N6O/c1-3-14(20(27)25-16-8-6-5-7-9-16)10-11-15(4-2)24-18-17-12-23-26-19(17)22-13-21-18/h3-13H,1-2H2,(H,25,27)(H2,21,22,23,24,26)/b14-10+,15-11+. The number of nitrogens with zero attached hydrogens (tertiary/aromatic N) is 3. The molecular formula is C20H18N6O. The summed E-state index contributed by atoms with van der Waals surface area (Å²) >= 11 is 0. The Hall–Kier alpha value is -4.00. The number of hydrogen-bond acceptors (Lipinski definition) is 5. The molecule has 7 nitrogen and oxygen atoms in total. The number of aromatic nitrogens is 4. The van der Waals surface area contributed by atoms with Crippen LogP contribution in [0.25, 0.3) is 11.0 Å². The SMILES string of the molecule is C=C/C(=C\C=C(/C=C)C(=O)Nc1ccccc1)Nc1ncnc2[nH]ncc12. The van der Waals surface area contributed by atoms with Gasteiger partial charge in [-0.2, -0.15) is 5.10 Å². The van der Waals surface area contributed by atoms with Gasteiger partial charge < -0.3 is 10.6 Å². The minimum absolute atomic E-state index is 0.255. The lowest BCUT2D eigenvalue weighted by Gasteiger charge is -2.07. The lowest BCUT2D eigenvalue weighted by Crippen LogP contribution is -2.13. The van der Waals surface area contributed by atoms with E-state index in [2.05, 4.69) is 44.0 Å². The number of rotatable bonds is 7. The van der Waals surface area contributed by atoms with Crippen molar-refractivity contribution in [2.45, 2.75) is 0 Å². The normalized spacial score (nSPS) is 11.9. The molecule has 0 saturated carbocycles. The van der Waals surface area contributed by atoms with E-state index in [1.807, 2.05) is 30.3 Å². The molecule has 134 valence electrons. The third kappa shape index (κ3) is 4.35. The highest BCUT2D eigenvalue weighted by molar-refractivity contribution is 6.05. The average Bonchev–Trinajstić information content (AvgIpc) is 3.18. The Bertz CT molecular complexity index is 1030. The first-order chi connectivity index (χ1) is 13.2. The molecular weight excluding hydrogens is 340 g/mol. The van der Waals surface area contributed by atoms with Crippen molar-refractivity contribution in [1.29, 1.82) is 0 Å². The first-order valence-corrected chi connectivity index (χ1v) is 8.15. The fourth-order valence-electron chi connectivity index (χ4n) is 2.30. The van der Waals surface area contributed by atoms with Gasteiger partial charge in [-0.25, -0.2) is 9.97 Å². The highest BCUT2D eigenvalue weighted by Crippen LogP contribution is 2.18. The molecule has 0 fully saturated rings. The summed E-state index contributed by atoms with van der Waals surface area (Å²) < 4.78 is 0. The molecule has 3 aromatic rings. The first kappa shape index (κ1) is 17.8. The molecule has 0 aliphatic rings. The number of hydrogen-bond donors (Lipinski definition) is 3. The second-order valence-electron chi connectivity index (χ2n) is 5.45. The maximum Gasteiger partial charge on any atom is 0.255 e. The molecule has 0 bridgehead atoms. The third-order valence-corrected chi connectivity index (χ3v) is 3.69. The second-order valence-corrected chi connectivity index (χ2v) is 5.45. The van der Waals surface area contributed by atoms with E-state index in [9.17, 15) is 4.79 Å². The summed E-state index contributed by atoms with van der Waals surface area (Å²) in [6.07, 6.45) is 9.57. The van der Waals surface area contributed by atoms with Gasteiger partial charge in [-0.1, -0.05) is 37.4 Å². The Morgan fingerprint density at radius 3 is 2.59 bits per heavy atom. The Kier molecular flexibility index (Phi) is 5.54. The molecule has 0 aliphatic heterocycles. The van der Waals surface area contributed by atoms with Crippen LogP contribution in [0.5, 0.6) is 0 Å². The number of benzene rings is 1. The molecule has 0 atom stereocenters. The lowest BCUT2D eigenvalue weighted by molar-refractivity contribution is -0.112. The van der Waals surface area contributed by atoms with Crippen LogP contribution in [-0.4, -0.2) is 26.1 Å². The van der Waals surface area contributed by atoms with Gasteiger partial charge >= 0.3 is 0 Å². The number of aromatic amines is 1. The molecule has 2 heterocycles. The van der Waals surface area contributed by atoms with Crippen LogP contribution < -0.4 is 10.6 Å². The summed E-state index contributed by atoms with van der Waals surface area (Å²) in [6.45, 7) is 7.50. The number of carbonyl (C=O) groups is 1. The molecule has 0 aliphatic carbocycles. The van der Waals surface area contributed by atoms with E-state index >= 15 is 0 Å². The summed E-state index contributed by atoms with van der Waals surface area (Å²) in [5.74, 6) is 0.331. The van der Waals surface area contributed by atoms with Gasteiger partial charge in [0, 0.05) is 17.0 Å². The third-order valence-electron chi connectivity index (χ3n) is 3.69. The van der Waals surface area contributed by atoms with Gasteiger partial charge in [-0.05, 0) is 30.4 Å². The molecule has 3 N–H and O–H groups in total. The Morgan fingerprint density at radius 1 is 1.04 bits per heavy atom. The smallest absolute Gasteiger partial charge is 0.255 e. The van der Waals surface area contributed by atoms with E-state index in [0.29, 0.717) is 28.4 Å². The van der Waals surface area contributed by atoms with E-state index < -0.39 is 0 Å². The summed E-state index contributed by atoms with van der Waals surface area (Å²) in [7, 11) is 0. The van der Waals surface area contributed by atoms with Crippen molar-refractivity contribution >= 4 is 28.4 Å². The fraction of sp³-hybridized carbons (Fsp3) is 0. The van der Waals surface area contributed by atoms with E-state index in [1.54, 1.807) is 24.4 Å². The number of carbonyl (C=O) groups excluding carboxylic acids is 1. The zero-order valence-electron chi connectivity index (χ0n) is 14.5. The predicted molar refractivity (Wildman–Crippen MR) is 107 cm³/mol. The Balaban J connectivity index is 1.79. The van der Waals surface area contributed by atoms with Gasteiger partial charge in [-0.15, -0.1) is 0 Å². The number of H-pyrrole nitrogens is 1. The first-order valence-electron chi connectivity index (χ1n) is 8.15. The van der Waals surface area contributed by atoms with E-state index in [4.69, 9.17) is 0 Å². The molecule has 1 amide bonds. The van der Waals surface area contributed by atoms with Crippen molar-refractivity contribution in [3.63, 3.8) is 0 Å². The van der Waals surface area contributed by atoms with Crippen LogP contribution in [0.15, 0.2) is 91.6 Å². The minimum Gasteiger partial charge on any atom is -0.340 e. The Labute approximate surface area is 156 Å². The second kappa shape index (κ2) is 8.39. The number of nitrogens with one attached hydrogen (secondary N) is 3. The number of amides is 1. The van der Waals surface area contributed by atoms with Crippen LogP contribution in [-0.2, 0) is 4.79 Å². The van der Waals surface area contributed by atoms with E-state index in [1.165, 1.54) is 12.4 Å². The van der Waals surface area contributed by atoms with Crippen molar-refractivity contribution in [2.75, 3.05) is 10.6 Å². The Morgan fingerprint density at radius 2 is 1.85 bits per heavy atom. The van der Waals surface area contributed by atoms with Crippen LogP contribution in [0.2, 0.25) is 0 Å². The van der Waals surface area contributed by atoms with Crippen molar-refractivity contribution in [2.24, 2.45) is 0 Å². The topological polar surface area (TPSA) is 95.6 Å². The average molecular weight is 358 g/mol. The van der Waals surface area contributed by atoms with Crippen molar-refractivity contribution in [3.05, 3.63) is 91.6 Å². The van der Waals surface area contributed by atoms with Gasteiger partial charge in [0.25, 0.3) is 5.91 Å². The molecule has 0 saturated heterocycles. The van der Waals surface area contributed by atoms with Crippen molar-refractivity contribution in [3.8, 4) is 0 Å². The summed E-state index contributed by atoms with van der Waals surface area (Å²) in [4.78, 5) is 20.7. The maximum atomic E-state index is 12.4. The predicted octanol–water partition coefficient (Wildman–Crippen LogP) is 3.59. The van der Waals surface area contributed by atoms with Crippen molar-refractivity contribution in [1.82, 2.24) is 20.2 Å². The van der Waals surface area contributed by atoms with Crippen LogP contribution in [0, 0.1) is 0 Å². The molecule has 3 rings (SSSR count). The fourth-order valence-corrected chi connectivity index (χ4v) is 2.30. The number of para-hydroxylation sites is 1. The molecule has 7 heteroatoms. The summed E-state index contributed by atoms with van der Waals surface area (Å²) in [5.41, 5.74) is 2.41. The largest absolute Gasteiger partial charge is 0.340 e. The number of fused-ring (bicyclic) bond motifs is 1. The van der Waals surface area contributed by atoms with Gasteiger partial charge in [0.1, 0.15) is 12.1 Å². The highest BCUT2D eigenvalue weighted by Gasteiger charge is 2.07. The number of anilines is 2. The quantitative estimate of drug-likeness (QED) is 0.443. The van der Waals surface area contributed by atoms with Gasteiger partial charge in [-0.3, -0.25) is 9.89 Å². The van der Waals surface area contributed by atoms with Gasteiger partial charge in [0.15, 0.2) is 5.65 Å². The summed E-state index contributed by atoms with van der Waals surface area (Å²) in [6, 6.07) is 9.22. The lowest BCUT2D eigenvalue weighted by atomic mass is 10.2. The van der Waals surface area contributed by atoms with Crippen LogP contribution in [0.4, 0.5) is 11.5 Å². The maximum absolute atomic E-state index is 12.4. The van der Waals surface area contributed by atoms with Crippen LogP contribution in [0.1, 0.15) is 0 Å². The highest BCUT2D eigenvalue weighted by atomic mass is 16.1. The molecule has 2 aromatic heterocycles. The molecule has 0 spiro atoms. The van der Waals surface area contributed by atoms with Gasteiger partial charge in [0.05, 0.1) is 11.6 Å². The number of allylic oxidation sites excluding steroid dienone is 3. The van der Waals surface area contributed by atoms with E-state index in [0.717, 1.165) is 5.39 Å². The van der Waals surface area contributed by atoms with Gasteiger partial charge in [0.2, 0.25) is 0 Å².